The van der Waals surface area contributed by atoms with E-state index in [-0.39, 0.29) is 18.4 Å². The fraction of sp³-hybridized carbons (Fsp3) is 0.789. The number of ether oxygens (including phenoxy) is 1. The Kier molecular flexibility index (Phi) is 15.2. The average Bonchev–Trinajstić information content (AvgIpc) is 2.62. The summed E-state index contributed by atoms with van der Waals surface area (Å²) in [5.74, 6) is -6.19. The van der Waals surface area contributed by atoms with Crippen molar-refractivity contribution in [2.45, 2.75) is 88.1 Å². The minimum absolute atomic E-state index is 0.0327. The number of thioether (sulfide) groups is 1. The van der Waals surface area contributed by atoms with Crippen LogP contribution >= 0.6 is 11.8 Å². The highest BCUT2D eigenvalue weighted by Crippen LogP contribution is 2.21. The summed E-state index contributed by atoms with van der Waals surface area (Å²) in [7, 11) is 0. The maximum Gasteiger partial charge on any atom is 0.330 e. The first-order valence-corrected chi connectivity index (χ1v) is 10.8. The SMILES string of the molecule is CCCCCCCCCCCCCOC(=O)C(SC(C(=O)O)C(=O)O)C(=O)O. The van der Waals surface area contributed by atoms with Gasteiger partial charge in [-0.3, -0.25) is 19.2 Å². The molecule has 0 aliphatic carbocycles. The molecule has 0 aromatic rings. The maximum absolute atomic E-state index is 11.8. The minimum Gasteiger partial charge on any atom is -0.480 e. The predicted molar refractivity (Wildman–Crippen MR) is 105 cm³/mol. The molecule has 0 spiro atoms. The molecular formula is C19H32O8S. The van der Waals surface area contributed by atoms with Crippen molar-refractivity contribution >= 4 is 35.6 Å². The lowest BCUT2D eigenvalue weighted by Crippen LogP contribution is -2.36. The number of aliphatic carboxylic acids is 3. The van der Waals surface area contributed by atoms with Crippen molar-refractivity contribution in [2.75, 3.05) is 6.61 Å². The summed E-state index contributed by atoms with van der Waals surface area (Å²) < 4.78 is 4.88. The summed E-state index contributed by atoms with van der Waals surface area (Å²) in [5.41, 5.74) is 0. The van der Waals surface area contributed by atoms with Gasteiger partial charge in [-0.1, -0.05) is 71.1 Å². The quantitative estimate of drug-likeness (QED) is 0.172. The fourth-order valence-corrected chi connectivity index (χ4v) is 3.39. The van der Waals surface area contributed by atoms with Gasteiger partial charge in [-0.15, -0.1) is 11.8 Å². The highest BCUT2D eigenvalue weighted by atomic mass is 32.2. The Morgan fingerprint density at radius 1 is 0.679 bits per heavy atom. The van der Waals surface area contributed by atoms with Gasteiger partial charge in [-0.05, 0) is 6.42 Å². The third-order valence-corrected chi connectivity index (χ3v) is 5.49. The molecule has 28 heavy (non-hydrogen) atoms. The lowest BCUT2D eigenvalue weighted by molar-refractivity contribution is -0.150. The Morgan fingerprint density at radius 2 is 1.07 bits per heavy atom. The number of hydrogen-bond donors (Lipinski definition) is 3. The summed E-state index contributed by atoms with van der Waals surface area (Å²) in [6.07, 6.45) is 12.3. The molecule has 0 bridgehead atoms. The van der Waals surface area contributed by atoms with E-state index in [1.54, 1.807) is 0 Å². The number of carbonyl (C=O) groups is 4. The molecule has 0 aromatic carbocycles. The fourth-order valence-electron chi connectivity index (χ4n) is 2.59. The Bertz CT molecular complexity index is 480. The first-order chi connectivity index (χ1) is 13.3. The third-order valence-electron chi connectivity index (χ3n) is 4.15. The Hall–Kier alpha value is -1.77. The van der Waals surface area contributed by atoms with Gasteiger partial charge in [-0.2, -0.15) is 0 Å². The smallest absolute Gasteiger partial charge is 0.330 e. The van der Waals surface area contributed by atoms with Crippen molar-refractivity contribution < 1.29 is 39.2 Å². The third kappa shape index (κ3) is 12.6. The number of rotatable bonds is 18. The van der Waals surface area contributed by atoms with Gasteiger partial charge in [0.25, 0.3) is 0 Å². The van der Waals surface area contributed by atoms with Gasteiger partial charge >= 0.3 is 23.9 Å². The number of hydrogen-bond acceptors (Lipinski definition) is 6. The first kappa shape index (κ1) is 26.2. The number of carbonyl (C=O) groups excluding carboxylic acids is 1. The van der Waals surface area contributed by atoms with Crippen molar-refractivity contribution in [1.82, 2.24) is 0 Å². The van der Waals surface area contributed by atoms with Crippen molar-refractivity contribution in [2.24, 2.45) is 0 Å². The summed E-state index contributed by atoms with van der Waals surface area (Å²) >= 11 is 0.0333. The second kappa shape index (κ2) is 16.2. The van der Waals surface area contributed by atoms with Crippen LogP contribution in [0.4, 0.5) is 0 Å². The van der Waals surface area contributed by atoms with E-state index < -0.39 is 34.4 Å². The van der Waals surface area contributed by atoms with Gasteiger partial charge in [0.2, 0.25) is 10.5 Å². The van der Waals surface area contributed by atoms with E-state index in [1.807, 2.05) is 0 Å². The minimum atomic E-state index is -2.05. The second-order valence-corrected chi connectivity index (χ2v) is 7.83. The van der Waals surface area contributed by atoms with E-state index in [0.717, 1.165) is 19.3 Å². The molecule has 0 aromatic heterocycles. The number of unbranched alkanes of at least 4 members (excludes halogenated alkanes) is 10. The van der Waals surface area contributed by atoms with Gasteiger partial charge in [0.05, 0.1) is 6.61 Å². The van der Waals surface area contributed by atoms with Gasteiger partial charge in [0.1, 0.15) is 0 Å². The number of esters is 1. The van der Waals surface area contributed by atoms with Crippen LogP contribution in [0, 0.1) is 0 Å². The molecule has 8 nitrogen and oxygen atoms in total. The monoisotopic (exact) mass is 420 g/mol. The maximum atomic E-state index is 11.8. The molecule has 0 heterocycles. The zero-order valence-electron chi connectivity index (χ0n) is 16.4. The van der Waals surface area contributed by atoms with Crippen LogP contribution in [-0.2, 0) is 23.9 Å². The molecule has 0 saturated heterocycles. The van der Waals surface area contributed by atoms with Crippen LogP contribution in [0.5, 0.6) is 0 Å². The van der Waals surface area contributed by atoms with Crippen molar-refractivity contribution in [1.29, 1.82) is 0 Å². The zero-order valence-corrected chi connectivity index (χ0v) is 17.2. The molecule has 0 aliphatic heterocycles. The Labute approximate surface area is 170 Å². The van der Waals surface area contributed by atoms with Gasteiger partial charge in [0, 0.05) is 0 Å². The Morgan fingerprint density at radius 3 is 1.46 bits per heavy atom. The molecule has 1 unspecified atom stereocenters. The van der Waals surface area contributed by atoms with E-state index in [4.69, 9.17) is 20.1 Å². The predicted octanol–water partition coefficient (Wildman–Crippen LogP) is 3.56. The lowest BCUT2D eigenvalue weighted by atomic mass is 10.1. The second-order valence-electron chi connectivity index (χ2n) is 6.61. The van der Waals surface area contributed by atoms with Gasteiger partial charge in [-0.25, -0.2) is 0 Å². The van der Waals surface area contributed by atoms with E-state index in [2.05, 4.69) is 6.92 Å². The first-order valence-electron chi connectivity index (χ1n) is 9.81. The molecule has 9 heteroatoms. The number of carboxylic acid groups (broad SMARTS) is 3. The molecule has 0 fully saturated rings. The summed E-state index contributed by atoms with van der Waals surface area (Å²) in [6.45, 7) is 2.23. The molecule has 0 saturated carbocycles. The Balaban J connectivity index is 3.94. The lowest BCUT2D eigenvalue weighted by Gasteiger charge is -2.14. The van der Waals surface area contributed by atoms with Crippen LogP contribution in [0.25, 0.3) is 0 Å². The van der Waals surface area contributed by atoms with E-state index in [0.29, 0.717) is 6.42 Å². The van der Waals surface area contributed by atoms with Crippen LogP contribution in [-0.4, -0.2) is 56.3 Å². The van der Waals surface area contributed by atoms with Crippen molar-refractivity contribution in [3.63, 3.8) is 0 Å². The zero-order chi connectivity index (χ0) is 21.4. The van der Waals surface area contributed by atoms with E-state index >= 15 is 0 Å². The highest BCUT2D eigenvalue weighted by Gasteiger charge is 2.38. The standard InChI is InChI=1S/C19H32O8S/c1-2-3-4-5-6-7-8-9-10-11-12-13-27-19(26)15(18(24)25)28-14(16(20)21)17(22)23/h14-15H,2-13H2,1H3,(H,20,21)(H,22,23)(H,24,25). The van der Waals surface area contributed by atoms with Crippen molar-refractivity contribution in [3.05, 3.63) is 0 Å². The normalized spacial score (nSPS) is 11.9. The summed E-state index contributed by atoms with van der Waals surface area (Å²) in [6, 6.07) is 0. The molecule has 0 rings (SSSR count). The van der Waals surface area contributed by atoms with E-state index in [9.17, 15) is 19.2 Å². The molecule has 0 aliphatic rings. The van der Waals surface area contributed by atoms with Crippen LogP contribution < -0.4 is 0 Å². The van der Waals surface area contributed by atoms with Gasteiger partial charge < -0.3 is 20.1 Å². The molecular weight excluding hydrogens is 388 g/mol. The molecule has 1 atom stereocenters. The van der Waals surface area contributed by atoms with Gasteiger partial charge in [0.15, 0.2) is 0 Å². The van der Waals surface area contributed by atoms with Crippen LogP contribution in [0.3, 0.4) is 0 Å². The number of carboxylic acids is 3. The van der Waals surface area contributed by atoms with Crippen molar-refractivity contribution in [3.8, 4) is 0 Å². The molecule has 0 amide bonds. The van der Waals surface area contributed by atoms with Crippen LogP contribution in [0.1, 0.15) is 77.6 Å². The molecule has 3 N–H and O–H groups in total. The van der Waals surface area contributed by atoms with E-state index in [1.165, 1.54) is 44.9 Å². The molecule has 162 valence electrons. The average molecular weight is 421 g/mol. The van der Waals surface area contributed by atoms with Crippen LogP contribution in [0.15, 0.2) is 0 Å². The topological polar surface area (TPSA) is 138 Å². The summed E-state index contributed by atoms with van der Waals surface area (Å²) in [5, 5.41) is 22.7. The molecule has 0 radical (unpaired) electrons. The van der Waals surface area contributed by atoms with Crippen LogP contribution in [0.2, 0.25) is 0 Å². The highest BCUT2D eigenvalue weighted by molar-refractivity contribution is 8.03. The largest absolute Gasteiger partial charge is 0.480 e. The summed E-state index contributed by atoms with van der Waals surface area (Å²) in [4.78, 5) is 44.7.